The summed E-state index contributed by atoms with van der Waals surface area (Å²) in [7, 11) is -0.659. The molecule has 1 atom stereocenters. The van der Waals surface area contributed by atoms with Crippen LogP contribution >= 0.6 is 0 Å². The van der Waals surface area contributed by atoms with Gasteiger partial charge in [-0.15, -0.1) is 5.10 Å². The molecule has 16 heteroatoms. The molecule has 1 saturated carbocycles. The van der Waals surface area contributed by atoms with Crippen molar-refractivity contribution in [2.45, 2.75) is 31.8 Å². The molecule has 2 aromatic carbocycles. The van der Waals surface area contributed by atoms with Gasteiger partial charge in [0.15, 0.2) is 11.5 Å². The zero-order valence-electron chi connectivity index (χ0n) is 27.6. The number of carbonyl (C=O) groups excluding carboxylic acids is 2. The summed E-state index contributed by atoms with van der Waals surface area (Å²) < 4.78 is 35.1. The van der Waals surface area contributed by atoms with Crippen LogP contribution in [-0.4, -0.2) is 62.3 Å². The predicted octanol–water partition coefficient (Wildman–Crippen LogP) is 2.66. The number of aromatic nitrogens is 6. The second kappa shape index (κ2) is 11.9. The molecule has 0 spiro atoms. The second-order valence-electron chi connectivity index (χ2n) is 12.4. The third-order valence-electron chi connectivity index (χ3n) is 8.80. The van der Waals surface area contributed by atoms with Gasteiger partial charge in [-0.05, 0) is 50.1 Å². The minimum atomic E-state index is -4.07. The standard InChI is InChI=1S/C35H30N10O5S/c1-20(38-33(46)29-31(39-44-17-7-16-36-32(29)44)41-51(49,50)40-23-13-14-23)30-28-27-25(43(3)34(28)47)15-12-22(11-10-21-18-37-42(2)19-21)26(27)35(48)45(30)24-8-5-4-6-9-24/h4-9,12,15-20,23,40H,13-14H2,1-3H3,(H,38,46)(H,39,41). The number of fused-ring (bicyclic) bond motifs is 1. The predicted molar refractivity (Wildman–Crippen MR) is 189 cm³/mol. The minimum absolute atomic E-state index is 0.102. The number of para-hydroxylation sites is 1. The van der Waals surface area contributed by atoms with Crippen LogP contribution in [0.3, 0.4) is 0 Å². The lowest BCUT2D eigenvalue weighted by Crippen LogP contribution is -2.36. The number of anilines is 2. The lowest BCUT2D eigenvalue weighted by Gasteiger charge is -2.23. The summed E-state index contributed by atoms with van der Waals surface area (Å²) >= 11 is 0. The minimum Gasteiger partial charge on any atom is -0.344 e. The molecule has 256 valence electrons. The summed E-state index contributed by atoms with van der Waals surface area (Å²) in [5, 5.41) is 12.0. The van der Waals surface area contributed by atoms with Crippen molar-refractivity contribution in [2.24, 2.45) is 7.05 Å². The fraction of sp³-hybridized carbons (Fsp3) is 0.200. The van der Waals surface area contributed by atoms with E-state index in [4.69, 9.17) is 0 Å². The Bertz CT molecular complexity index is 2670. The maximum Gasteiger partial charge on any atom is 0.300 e. The first-order valence-electron chi connectivity index (χ1n) is 16.0. The molecular formula is C35H30N10O5S. The zero-order chi connectivity index (χ0) is 35.6. The molecule has 1 aliphatic heterocycles. The molecule has 2 aliphatic rings. The molecule has 6 aromatic rings. The molecule has 15 nitrogen and oxygen atoms in total. The molecule has 2 amide bonds. The second-order valence-corrected chi connectivity index (χ2v) is 13.9. The van der Waals surface area contributed by atoms with Crippen molar-refractivity contribution in [3.05, 3.63) is 112 Å². The van der Waals surface area contributed by atoms with Crippen molar-refractivity contribution in [3.8, 4) is 17.5 Å². The van der Waals surface area contributed by atoms with E-state index in [2.05, 4.69) is 41.8 Å². The number of benzene rings is 2. The molecule has 51 heavy (non-hydrogen) atoms. The van der Waals surface area contributed by atoms with Gasteiger partial charge in [0.1, 0.15) is 5.56 Å². The molecular weight excluding hydrogens is 673 g/mol. The lowest BCUT2D eigenvalue weighted by atomic mass is 9.97. The molecule has 0 bridgehead atoms. The third-order valence-corrected chi connectivity index (χ3v) is 9.90. The molecule has 5 heterocycles. The van der Waals surface area contributed by atoms with Crippen LogP contribution in [0.2, 0.25) is 0 Å². The van der Waals surface area contributed by atoms with Gasteiger partial charge in [0.05, 0.1) is 40.1 Å². The highest BCUT2D eigenvalue weighted by atomic mass is 32.2. The number of carbonyl (C=O) groups is 2. The van der Waals surface area contributed by atoms with E-state index in [1.165, 1.54) is 26.4 Å². The molecule has 1 aliphatic carbocycles. The highest BCUT2D eigenvalue weighted by molar-refractivity contribution is 7.90. The average molecular weight is 703 g/mol. The summed E-state index contributed by atoms with van der Waals surface area (Å²) in [4.78, 5) is 48.9. The number of pyridine rings is 1. The Kier molecular flexibility index (Phi) is 7.47. The van der Waals surface area contributed by atoms with Crippen molar-refractivity contribution in [3.63, 3.8) is 0 Å². The van der Waals surface area contributed by atoms with E-state index < -0.39 is 27.7 Å². The summed E-state index contributed by atoms with van der Waals surface area (Å²) in [6.45, 7) is 1.66. The van der Waals surface area contributed by atoms with Crippen LogP contribution in [0, 0.1) is 11.8 Å². The van der Waals surface area contributed by atoms with Gasteiger partial charge in [0, 0.05) is 55.4 Å². The maximum absolute atomic E-state index is 14.8. The lowest BCUT2D eigenvalue weighted by molar-refractivity contribution is 0.0935. The zero-order valence-corrected chi connectivity index (χ0v) is 28.4. The first kappa shape index (κ1) is 31.9. The van der Waals surface area contributed by atoms with Gasteiger partial charge in [-0.25, -0.2) is 9.50 Å². The number of aryl methyl sites for hydroxylation is 1. The van der Waals surface area contributed by atoms with Gasteiger partial charge < -0.3 is 10.2 Å². The van der Waals surface area contributed by atoms with Gasteiger partial charge >= 0.3 is 10.2 Å². The van der Waals surface area contributed by atoms with Crippen molar-refractivity contribution < 1.29 is 18.0 Å². The van der Waals surface area contributed by atoms with Crippen LogP contribution in [0.15, 0.2) is 78.1 Å². The van der Waals surface area contributed by atoms with E-state index in [0.717, 1.165) is 0 Å². The molecule has 0 radical (unpaired) electrons. The van der Waals surface area contributed by atoms with Crippen molar-refractivity contribution >= 4 is 49.9 Å². The van der Waals surface area contributed by atoms with Gasteiger partial charge in [-0.3, -0.25) is 28.4 Å². The quantitative estimate of drug-likeness (QED) is 0.203. The summed E-state index contributed by atoms with van der Waals surface area (Å²) in [6.07, 6.45) is 7.80. The molecule has 1 fully saturated rings. The first-order chi connectivity index (χ1) is 24.5. The SMILES string of the molecule is CC(NC(=O)c1c(NS(=O)(=O)NC2CC2)nn2cccnc12)c1c2c3c(ccc(C#Cc4cnn(C)c4)c3c(=O)n1-c1ccccc1)N(C)C2=O. The topological polar surface area (TPSA) is 178 Å². The van der Waals surface area contributed by atoms with E-state index in [9.17, 15) is 22.8 Å². The third kappa shape index (κ3) is 5.58. The van der Waals surface area contributed by atoms with Gasteiger partial charge in [-0.2, -0.15) is 18.2 Å². The smallest absolute Gasteiger partial charge is 0.300 e. The number of nitrogens with zero attached hydrogens (tertiary/aromatic N) is 7. The number of amides is 2. The fourth-order valence-electron chi connectivity index (χ4n) is 6.36. The first-order valence-corrected chi connectivity index (χ1v) is 17.5. The highest BCUT2D eigenvalue weighted by Crippen LogP contribution is 2.40. The summed E-state index contributed by atoms with van der Waals surface area (Å²) in [5.74, 6) is 4.85. The monoisotopic (exact) mass is 702 g/mol. The number of hydrogen-bond donors (Lipinski definition) is 3. The Morgan fingerprint density at radius 1 is 1.02 bits per heavy atom. The average Bonchev–Trinajstić information content (AvgIpc) is 3.59. The van der Waals surface area contributed by atoms with Crippen LogP contribution in [0.1, 0.15) is 63.3 Å². The van der Waals surface area contributed by atoms with Crippen LogP contribution < -0.4 is 25.2 Å². The Labute approximate surface area is 291 Å². The molecule has 8 rings (SSSR count). The highest BCUT2D eigenvalue weighted by Gasteiger charge is 2.37. The van der Waals surface area contributed by atoms with Crippen molar-refractivity contribution in [1.82, 2.24) is 39.0 Å². The van der Waals surface area contributed by atoms with Crippen LogP contribution in [-0.2, 0) is 17.3 Å². The van der Waals surface area contributed by atoms with Crippen LogP contribution in [0.4, 0.5) is 11.5 Å². The summed E-state index contributed by atoms with van der Waals surface area (Å²) in [6, 6.07) is 12.7. The van der Waals surface area contributed by atoms with Gasteiger partial charge in [-0.1, -0.05) is 30.0 Å². The Hall–Kier alpha value is -6.31. The fourth-order valence-corrected chi connectivity index (χ4v) is 7.49. The largest absolute Gasteiger partial charge is 0.344 e. The molecule has 1 unspecified atom stereocenters. The van der Waals surface area contributed by atoms with E-state index in [1.54, 1.807) is 86.6 Å². The number of nitrogens with one attached hydrogen (secondary N) is 3. The summed E-state index contributed by atoms with van der Waals surface area (Å²) in [5.41, 5.74) is 2.08. The molecule has 0 saturated heterocycles. The van der Waals surface area contributed by atoms with E-state index in [1.807, 2.05) is 0 Å². The molecule has 3 N–H and O–H groups in total. The Balaban J connectivity index is 1.29. The normalized spacial score (nSPS) is 14.5. The van der Waals surface area contributed by atoms with Crippen LogP contribution in [0.25, 0.3) is 22.1 Å². The number of hydrogen-bond acceptors (Lipinski definition) is 8. The Morgan fingerprint density at radius 3 is 2.53 bits per heavy atom. The van der Waals surface area contributed by atoms with Gasteiger partial charge in [0.2, 0.25) is 0 Å². The maximum atomic E-state index is 14.8. The van der Waals surface area contributed by atoms with E-state index in [0.29, 0.717) is 40.7 Å². The van der Waals surface area contributed by atoms with Crippen molar-refractivity contribution in [2.75, 3.05) is 16.7 Å². The number of rotatable bonds is 8. The molecule has 4 aromatic heterocycles. The van der Waals surface area contributed by atoms with E-state index >= 15 is 0 Å². The van der Waals surface area contributed by atoms with Crippen molar-refractivity contribution in [1.29, 1.82) is 0 Å². The Morgan fingerprint density at radius 2 is 1.80 bits per heavy atom. The van der Waals surface area contributed by atoms with E-state index in [-0.39, 0.29) is 45.6 Å². The van der Waals surface area contributed by atoms with Gasteiger partial charge in [0.25, 0.3) is 17.4 Å². The van der Waals surface area contributed by atoms with Crippen LogP contribution in [0.5, 0.6) is 0 Å².